The maximum atomic E-state index is 15.5. The Morgan fingerprint density at radius 2 is 1.64 bits per heavy atom. The molecule has 4 N–H and O–H groups in total. The number of likely N-dealkylation sites (N-methyl/N-ethyl adjacent to an activating group) is 1. The minimum atomic E-state index is -2.36. The van der Waals surface area contributed by atoms with Gasteiger partial charge in [-0.3, -0.25) is 14.2 Å². The molecule has 42 heavy (non-hydrogen) atoms. The summed E-state index contributed by atoms with van der Waals surface area (Å²) in [7, 11) is 2.20. The van der Waals surface area contributed by atoms with Gasteiger partial charge in [-0.1, -0.05) is 47.5 Å². The van der Waals surface area contributed by atoms with Gasteiger partial charge >= 0.3 is 0 Å². The van der Waals surface area contributed by atoms with E-state index in [1.54, 1.807) is 24.3 Å². The van der Waals surface area contributed by atoms with Crippen LogP contribution < -0.4 is 10.9 Å². The first-order valence-electron chi connectivity index (χ1n) is 13.8. The Bertz CT molecular complexity index is 1580. The number of fused-ring (bicyclic) bond motifs is 1. The molecule has 0 radical (unpaired) electrons. The number of nitrogen functional groups attached to an aromatic ring is 1. The standard InChI is InChI=1S/C29H31Cl2FN6.H3NO2S/c1-36-11-13-37(14-12-36)19-6-8-20(9-7-19)38-16-23(26-28(33)34-17-35-29(26)38)18-5-10-21(25(32)15-18)22-3-2-4-24(30)27(22)31;1-4(2)3/h2-5,10,15-17,19-20H,6-9,11-14H2,1H3,(H2,33,34,35);1H2,(H,2,3)/p-1. The van der Waals surface area contributed by atoms with Crippen LogP contribution >= 0.6 is 23.2 Å². The first kappa shape index (κ1) is 30.8. The molecule has 1 saturated heterocycles. The van der Waals surface area contributed by atoms with Crippen LogP contribution in [0.3, 0.4) is 0 Å². The summed E-state index contributed by atoms with van der Waals surface area (Å²) in [4.78, 5) is 13.9. The van der Waals surface area contributed by atoms with Crippen molar-refractivity contribution in [2.45, 2.75) is 37.8 Å². The van der Waals surface area contributed by atoms with Crippen LogP contribution in [0.25, 0.3) is 33.3 Å². The Balaban J connectivity index is 0.000000830. The molecule has 2 aromatic carbocycles. The van der Waals surface area contributed by atoms with E-state index >= 15 is 4.39 Å². The summed E-state index contributed by atoms with van der Waals surface area (Å²) in [5.74, 6) is 0.0212. The van der Waals surface area contributed by atoms with Crippen LogP contribution in [0.2, 0.25) is 10.0 Å². The van der Waals surface area contributed by atoms with Crippen LogP contribution in [-0.2, 0) is 11.3 Å². The van der Waals surface area contributed by atoms with Gasteiger partial charge in [-0.05, 0) is 50.4 Å². The Kier molecular flexibility index (Phi) is 9.78. The van der Waals surface area contributed by atoms with Gasteiger partial charge in [-0.2, -0.15) is 0 Å². The van der Waals surface area contributed by atoms with Gasteiger partial charge in [0.25, 0.3) is 0 Å². The third-order valence-corrected chi connectivity index (χ3v) is 9.09. The second-order valence-corrected chi connectivity index (χ2v) is 12.1. The molecule has 9 nitrogen and oxygen atoms in total. The van der Waals surface area contributed by atoms with E-state index in [1.165, 1.54) is 12.4 Å². The molecule has 1 atom stereocenters. The number of nitrogens with two attached hydrogens (primary N) is 2. The highest BCUT2D eigenvalue weighted by molar-refractivity contribution is 7.76. The monoisotopic (exact) mass is 632 g/mol. The molecule has 0 amide bonds. The van der Waals surface area contributed by atoms with Crippen molar-refractivity contribution in [3.05, 3.63) is 64.8 Å². The predicted molar refractivity (Wildman–Crippen MR) is 166 cm³/mol. The van der Waals surface area contributed by atoms with Gasteiger partial charge < -0.3 is 19.8 Å². The zero-order chi connectivity index (χ0) is 30.0. The maximum absolute atomic E-state index is 15.5. The lowest BCUT2D eigenvalue weighted by Crippen LogP contribution is -2.49. The molecular formula is C29H33Cl2FN7O2S-. The Morgan fingerprint density at radius 1 is 0.976 bits per heavy atom. The van der Waals surface area contributed by atoms with E-state index in [4.69, 9.17) is 37.7 Å². The lowest BCUT2D eigenvalue weighted by Gasteiger charge is -2.41. The molecule has 13 heteroatoms. The Hall–Kier alpha value is -2.64. The first-order chi connectivity index (χ1) is 20.1. The smallest absolute Gasteiger partial charge is 0.146 e. The van der Waals surface area contributed by atoms with Gasteiger partial charge in [0, 0.05) is 72.4 Å². The predicted octanol–water partition coefficient (Wildman–Crippen LogP) is 5.26. The minimum absolute atomic E-state index is 0.318. The highest BCUT2D eigenvalue weighted by Crippen LogP contribution is 2.41. The number of nitrogens with zero attached hydrogens (tertiary/aromatic N) is 5. The van der Waals surface area contributed by atoms with Gasteiger partial charge in [0.05, 0.1) is 15.4 Å². The summed E-state index contributed by atoms with van der Waals surface area (Å²) in [5, 5.41) is 5.52. The van der Waals surface area contributed by atoms with Crippen LogP contribution in [0.4, 0.5) is 10.2 Å². The van der Waals surface area contributed by atoms with Crippen molar-refractivity contribution in [2.75, 3.05) is 39.0 Å². The molecule has 1 saturated carbocycles. The highest BCUT2D eigenvalue weighted by atomic mass is 35.5. The topological polar surface area (TPSA) is 129 Å². The normalized spacial score (nSPS) is 20.7. The molecule has 2 aliphatic rings. The van der Waals surface area contributed by atoms with Crippen LogP contribution in [0.1, 0.15) is 31.7 Å². The van der Waals surface area contributed by atoms with Crippen molar-refractivity contribution in [3.63, 3.8) is 0 Å². The van der Waals surface area contributed by atoms with Gasteiger partial charge in [0.1, 0.15) is 23.6 Å². The SMILES string of the molecule is CN1CCN(C2CCC(n3cc(-c4ccc(-c5cccc(Cl)c5Cl)c(F)c4)c4c(N)ncnc43)CC2)CC1.NS(=O)[O-]. The molecular weight excluding hydrogens is 600 g/mol. The van der Waals surface area contributed by atoms with Crippen molar-refractivity contribution in [1.29, 1.82) is 0 Å². The van der Waals surface area contributed by atoms with Gasteiger partial charge in [0.15, 0.2) is 0 Å². The average molecular weight is 634 g/mol. The van der Waals surface area contributed by atoms with Crippen molar-refractivity contribution >= 4 is 51.3 Å². The molecule has 224 valence electrons. The summed E-state index contributed by atoms with van der Waals surface area (Å²) >= 11 is 10.2. The van der Waals surface area contributed by atoms with Crippen LogP contribution in [0, 0.1) is 5.82 Å². The van der Waals surface area contributed by atoms with Gasteiger partial charge in [-0.25, -0.2) is 14.4 Å². The molecule has 2 fully saturated rings. The van der Waals surface area contributed by atoms with Crippen molar-refractivity contribution in [3.8, 4) is 22.3 Å². The van der Waals surface area contributed by atoms with E-state index in [-0.39, 0.29) is 5.82 Å². The third-order valence-electron chi connectivity index (χ3n) is 8.27. The van der Waals surface area contributed by atoms with Crippen molar-refractivity contribution in [2.24, 2.45) is 5.14 Å². The Morgan fingerprint density at radius 3 is 2.31 bits per heavy atom. The fourth-order valence-electron chi connectivity index (χ4n) is 6.11. The molecule has 1 aliphatic carbocycles. The number of rotatable bonds is 4. The van der Waals surface area contributed by atoms with E-state index in [1.807, 2.05) is 6.07 Å². The lowest BCUT2D eigenvalue weighted by molar-refractivity contribution is 0.0828. The quantitative estimate of drug-likeness (QED) is 0.293. The van der Waals surface area contributed by atoms with E-state index in [9.17, 15) is 0 Å². The molecule has 4 aromatic rings. The van der Waals surface area contributed by atoms with Crippen molar-refractivity contribution < 1.29 is 13.2 Å². The lowest BCUT2D eigenvalue weighted by atomic mass is 9.89. The molecule has 1 aliphatic heterocycles. The Labute approximate surface area is 257 Å². The molecule has 1 unspecified atom stereocenters. The fourth-order valence-corrected chi connectivity index (χ4v) is 6.51. The van der Waals surface area contributed by atoms with Gasteiger partial charge in [-0.15, -0.1) is 0 Å². The molecule has 6 rings (SSSR count). The summed E-state index contributed by atoms with van der Waals surface area (Å²) in [6.45, 7) is 4.57. The molecule has 3 heterocycles. The summed E-state index contributed by atoms with van der Waals surface area (Å²) < 4.78 is 35.3. The zero-order valence-corrected chi connectivity index (χ0v) is 25.5. The molecule has 2 aromatic heterocycles. The number of halogens is 3. The second kappa shape index (κ2) is 13.3. The number of hydrogen-bond acceptors (Lipinski definition) is 7. The van der Waals surface area contributed by atoms with Crippen molar-refractivity contribution in [1.82, 2.24) is 24.3 Å². The minimum Gasteiger partial charge on any atom is -0.760 e. The summed E-state index contributed by atoms with van der Waals surface area (Å²) in [5.41, 5.74) is 9.68. The number of benzene rings is 2. The van der Waals surface area contributed by atoms with E-state index in [0.717, 1.165) is 74.0 Å². The average Bonchev–Trinajstić information content (AvgIpc) is 3.36. The number of hydrogen-bond donors (Lipinski definition) is 2. The highest BCUT2D eigenvalue weighted by Gasteiger charge is 2.30. The number of anilines is 1. The van der Waals surface area contributed by atoms with Crippen LogP contribution in [-0.4, -0.2) is 72.4 Å². The summed E-state index contributed by atoms with van der Waals surface area (Å²) in [6.07, 6.45) is 8.06. The number of piperazine rings is 1. The fraction of sp³-hybridized carbons (Fsp3) is 0.379. The van der Waals surface area contributed by atoms with E-state index in [0.29, 0.717) is 39.1 Å². The van der Waals surface area contributed by atoms with Crippen LogP contribution in [0.15, 0.2) is 48.9 Å². The largest absolute Gasteiger partial charge is 0.760 e. The number of aromatic nitrogens is 3. The second-order valence-electron chi connectivity index (χ2n) is 10.8. The van der Waals surface area contributed by atoms with E-state index < -0.39 is 11.3 Å². The molecule has 0 spiro atoms. The van der Waals surface area contributed by atoms with Gasteiger partial charge in [0.2, 0.25) is 0 Å². The molecule has 0 bridgehead atoms. The van der Waals surface area contributed by atoms with E-state index in [2.05, 4.69) is 42.7 Å². The first-order valence-corrected chi connectivity index (χ1v) is 15.6. The zero-order valence-electron chi connectivity index (χ0n) is 23.2. The maximum Gasteiger partial charge on any atom is 0.146 e. The third kappa shape index (κ3) is 6.62. The van der Waals surface area contributed by atoms with Crippen LogP contribution in [0.5, 0.6) is 0 Å². The summed E-state index contributed by atoms with van der Waals surface area (Å²) in [6, 6.07) is 11.3.